The second-order valence-electron chi connectivity index (χ2n) is 5.47. The Morgan fingerprint density at radius 1 is 1.13 bits per heavy atom. The van der Waals surface area contributed by atoms with Crippen LogP contribution in [0.1, 0.15) is 5.56 Å². The molecule has 1 saturated heterocycles. The molecule has 0 radical (unpaired) electrons. The molecule has 1 N–H and O–H groups in total. The standard InChI is InChI=1S/C18H21ClN2OS/c1-23-16-5-2-14(3-6-16)13-20-15-4-7-18(17(19)12-15)21-8-10-22-11-9-21/h2-7,12,20H,8-11,13H2,1H3. The zero-order chi connectivity index (χ0) is 16.1. The van der Waals surface area contributed by atoms with E-state index in [1.807, 2.05) is 6.07 Å². The molecule has 0 aliphatic carbocycles. The Hall–Kier alpha value is -1.36. The molecule has 0 saturated carbocycles. The molecule has 1 aliphatic rings. The first kappa shape index (κ1) is 16.5. The van der Waals surface area contributed by atoms with Gasteiger partial charge in [0.05, 0.1) is 23.9 Å². The van der Waals surface area contributed by atoms with Crippen molar-refractivity contribution in [3.63, 3.8) is 0 Å². The first-order valence-corrected chi connectivity index (χ1v) is 9.35. The molecule has 1 aliphatic heterocycles. The van der Waals surface area contributed by atoms with E-state index in [0.717, 1.165) is 49.2 Å². The van der Waals surface area contributed by atoms with Gasteiger partial charge in [0.2, 0.25) is 0 Å². The van der Waals surface area contributed by atoms with Gasteiger partial charge < -0.3 is 15.0 Å². The minimum atomic E-state index is 0.766. The van der Waals surface area contributed by atoms with E-state index in [1.165, 1.54) is 10.5 Å². The van der Waals surface area contributed by atoms with Crippen LogP contribution in [0.2, 0.25) is 5.02 Å². The summed E-state index contributed by atoms with van der Waals surface area (Å²) < 4.78 is 5.39. The summed E-state index contributed by atoms with van der Waals surface area (Å²) in [6.45, 7) is 4.12. The van der Waals surface area contributed by atoms with E-state index in [4.69, 9.17) is 16.3 Å². The molecular formula is C18H21ClN2OS. The number of thioether (sulfide) groups is 1. The van der Waals surface area contributed by atoms with Crippen LogP contribution in [0.3, 0.4) is 0 Å². The van der Waals surface area contributed by atoms with E-state index in [9.17, 15) is 0 Å². The highest BCUT2D eigenvalue weighted by molar-refractivity contribution is 7.98. The third kappa shape index (κ3) is 4.34. The lowest BCUT2D eigenvalue weighted by atomic mass is 10.2. The Kier molecular flexibility index (Phi) is 5.70. The highest BCUT2D eigenvalue weighted by Crippen LogP contribution is 2.29. The van der Waals surface area contributed by atoms with Crippen molar-refractivity contribution < 1.29 is 4.74 Å². The van der Waals surface area contributed by atoms with Crippen molar-refractivity contribution in [2.45, 2.75) is 11.4 Å². The number of ether oxygens (including phenoxy) is 1. The number of anilines is 2. The van der Waals surface area contributed by atoms with Crippen LogP contribution in [0.25, 0.3) is 0 Å². The van der Waals surface area contributed by atoms with E-state index >= 15 is 0 Å². The van der Waals surface area contributed by atoms with Crippen molar-refractivity contribution in [3.05, 3.63) is 53.1 Å². The van der Waals surface area contributed by atoms with Gasteiger partial charge in [-0.05, 0) is 42.2 Å². The summed E-state index contributed by atoms with van der Waals surface area (Å²) >= 11 is 8.22. The summed E-state index contributed by atoms with van der Waals surface area (Å²) in [5.74, 6) is 0. The van der Waals surface area contributed by atoms with Gasteiger partial charge in [-0.2, -0.15) is 0 Å². The van der Waals surface area contributed by atoms with Gasteiger partial charge in [-0.15, -0.1) is 11.8 Å². The molecule has 0 spiro atoms. The average molecular weight is 349 g/mol. The van der Waals surface area contributed by atoms with Crippen molar-refractivity contribution in [2.75, 3.05) is 42.8 Å². The SMILES string of the molecule is CSc1ccc(CNc2ccc(N3CCOCC3)c(Cl)c2)cc1. The minimum Gasteiger partial charge on any atom is -0.381 e. The van der Waals surface area contributed by atoms with Gasteiger partial charge in [0.15, 0.2) is 0 Å². The zero-order valence-electron chi connectivity index (χ0n) is 13.2. The van der Waals surface area contributed by atoms with Crippen LogP contribution < -0.4 is 10.2 Å². The second-order valence-corrected chi connectivity index (χ2v) is 6.75. The topological polar surface area (TPSA) is 24.5 Å². The van der Waals surface area contributed by atoms with Gasteiger partial charge in [0.25, 0.3) is 0 Å². The Bertz CT molecular complexity index is 642. The molecule has 5 heteroatoms. The number of morpholine rings is 1. The van der Waals surface area contributed by atoms with Gasteiger partial charge >= 0.3 is 0 Å². The van der Waals surface area contributed by atoms with E-state index in [-0.39, 0.29) is 0 Å². The van der Waals surface area contributed by atoms with E-state index in [0.29, 0.717) is 0 Å². The second kappa shape index (κ2) is 7.95. The third-order valence-electron chi connectivity index (χ3n) is 3.96. The molecule has 23 heavy (non-hydrogen) atoms. The molecule has 0 amide bonds. The number of nitrogens with zero attached hydrogens (tertiary/aromatic N) is 1. The maximum Gasteiger partial charge on any atom is 0.0660 e. The predicted octanol–water partition coefficient (Wildman–Crippen LogP) is 4.51. The number of benzene rings is 2. The van der Waals surface area contributed by atoms with Gasteiger partial charge in [0.1, 0.15) is 0 Å². The molecule has 1 fully saturated rings. The molecule has 122 valence electrons. The molecule has 0 atom stereocenters. The summed E-state index contributed by atoms with van der Waals surface area (Å²) in [5, 5.41) is 4.22. The largest absolute Gasteiger partial charge is 0.381 e. The van der Waals surface area contributed by atoms with E-state index < -0.39 is 0 Å². The monoisotopic (exact) mass is 348 g/mol. The van der Waals surface area contributed by atoms with Gasteiger partial charge in [0, 0.05) is 30.2 Å². The number of rotatable bonds is 5. The summed E-state index contributed by atoms with van der Waals surface area (Å²) in [4.78, 5) is 3.56. The fourth-order valence-electron chi connectivity index (χ4n) is 2.63. The van der Waals surface area contributed by atoms with Gasteiger partial charge in [-0.1, -0.05) is 23.7 Å². The average Bonchev–Trinajstić information content (AvgIpc) is 2.61. The Labute approximate surface area is 147 Å². The lowest BCUT2D eigenvalue weighted by Crippen LogP contribution is -2.36. The van der Waals surface area contributed by atoms with Crippen LogP contribution in [0.15, 0.2) is 47.4 Å². The fraction of sp³-hybridized carbons (Fsp3) is 0.333. The summed E-state index contributed by atoms with van der Waals surface area (Å²) in [7, 11) is 0. The molecule has 1 heterocycles. The van der Waals surface area contributed by atoms with Gasteiger partial charge in [-0.25, -0.2) is 0 Å². The third-order valence-corrected chi connectivity index (χ3v) is 5.00. The lowest BCUT2D eigenvalue weighted by Gasteiger charge is -2.29. The van der Waals surface area contributed by atoms with E-state index in [2.05, 4.69) is 52.9 Å². The number of hydrogen-bond donors (Lipinski definition) is 1. The number of hydrogen-bond acceptors (Lipinski definition) is 4. The van der Waals surface area contributed by atoms with Crippen LogP contribution in [0.5, 0.6) is 0 Å². The molecule has 3 rings (SSSR count). The quantitative estimate of drug-likeness (QED) is 0.803. The summed E-state index contributed by atoms with van der Waals surface area (Å²) in [6.07, 6.45) is 2.09. The van der Waals surface area contributed by atoms with Gasteiger partial charge in [-0.3, -0.25) is 0 Å². The first-order valence-electron chi connectivity index (χ1n) is 7.75. The molecule has 0 aromatic heterocycles. The predicted molar refractivity (Wildman–Crippen MR) is 100 cm³/mol. The first-order chi connectivity index (χ1) is 11.3. The summed E-state index contributed by atoms with van der Waals surface area (Å²) in [6, 6.07) is 14.8. The Morgan fingerprint density at radius 3 is 2.52 bits per heavy atom. The molecular weight excluding hydrogens is 328 g/mol. The zero-order valence-corrected chi connectivity index (χ0v) is 14.8. The van der Waals surface area contributed by atoms with Crippen molar-refractivity contribution in [1.29, 1.82) is 0 Å². The maximum atomic E-state index is 6.46. The number of halogens is 1. The normalized spacial score (nSPS) is 14.8. The van der Waals surface area contributed by atoms with Crippen molar-refractivity contribution in [3.8, 4) is 0 Å². The summed E-state index contributed by atoms with van der Waals surface area (Å²) in [5.41, 5.74) is 3.39. The minimum absolute atomic E-state index is 0.766. The molecule has 0 unspecified atom stereocenters. The molecule has 3 nitrogen and oxygen atoms in total. The van der Waals surface area contributed by atoms with Crippen LogP contribution in [0.4, 0.5) is 11.4 Å². The molecule has 2 aromatic carbocycles. The van der Waals surface area contributed by atoms with Crippen molar-refractivity contribution in [1.82, 2.24) is 0 Å². The molecule has 2 aromatic rings. The Morgan fingerprint density at radius 2 is 1.87 bits per heavy atom. The van der Waals surface area contributed by atoms with Crippen LogP contribution >= 0.6 is 23.4 Å². The fourth-order valence-corrected chi connectivity index (χ4v) is 3.33. The lowest BCUT2D eigenvalue weighted by molar-refractivity contribution is 0.122. The highest BCUT2D eigenvalue weighted by atomic mass is 35.5. The molecule has 0 bridgehead atoms. The smallest absolute Gasteiger partial charge is 0.0660 e. The van der Waals surface area contributed by atoms with Crippen LogP contribution in [0, 0.1) is 0 Å². The van der Waals surface area contributed by atoms with Crippen molar-refractivity contribution in [2.24, 2.45) is 0 Å². The maximum absolute atomic E-state index is 6.46. The number of nitrogens with one attached hydrogen (secondary N) is 1. The Balaban J connectivity index is 1.62. The highest BCUT2D eigenvalue weighted by Gasteiger charge is 2.14. The van der Waals surface area contributed by atoms with Crippen molar-refractivity contribution >= 4 is 34.7 Å². The van der Waals surface area contributed by atoms with E-state index in [1.54, 1.807) is 11.8 Å². The van der Waals surface area contributed by atoms with Crippen LogP contribution in [-0.2, 0) is 11.3 Å². The van der Waals surface area contributed by atoms with Crippen LogP contribution in [-0.4, -0.2) is 32.6 Å².